The van der Waals surface area contributed by atoms with Gasteiger partial charge in [-0.2, -0.15) is 0 Å². The summed E-state index contributed by atoms with van der Waals surface area (Å²) in [6.07, 6.45) is 0. The Labute approximate surface area is 121 Å². The zero-order valence-corrected chi connectivity index (χ0v) is 11.7. The van der Waals surface area contributed by atoms with Gasteiger partial charge in [-0.15, -0.1) is 0 Å². The van der Waals surface area contributed by atoms with Gasteiger partial charge in [-0.25, -0.2) is 8.78 Å². The quantitative estimate of drug-likeness (QED) is 0.836. The van der Waals surface area contributed by atoms with Crippen LogP contribution in [0.3, 0.4) is 0 Å². The highest BCUT2D eigenvalue weighted by atomic mass is 32.1. The molecule has 1 atom stereocenters. The molecule has 0 radical (unpaired) electrons. The minimum absolute atomic E-state index is 0.0153. The number of nitrogens with one attached hydrogen (secondary N) is 2. The van der Waals surface area contributed by atoms with E-state index in [9.17, 15) is 8.78 Å². The highest BCUT2D eigenvalue weighted by molar-refractivity contribution is 7.80. The minimum Gasteiger partial charge on any atom is -0.356 e. The Morgan fingerprint density at radius 2 is 1.75 bits per heavy atom. The SMILES string of the molecule is C[C@@H](NC(=S)Nc1ccc(F)c(F)c1)c1ccccc1. The maximum atomic E-state index is 13.1. The fourth-order valence-electron chi connectivity index (χ4n) is 1.76. The Kier molecular flexibility index (Phi) is 4.63. The fourth-order valence-corrected chi connectivity index (χ4v) is 2.06. The van der Waals surface area contributed by atoms with Crippen molar-refractivity contribution in [1.82, 2.24) is 5.32 Å². The average Bonchev–Trinajstić information content (AvgIpc) is 2.44. The van der Waals surface area contributed by atoms with Crippen LogP contribution >= 0.6 is 12.2 Å². The minimum atomic E-state index is -0.908. The maximum Gasteiger partial charge on any atom is 0.171 e. The normalized spacial score (nSPS) is 11.8. The van der Waals surface area contributed by atoms with E-state index in [-0.39, 0.29) is 6.04 Å². The van der Waals surface area contributed by atoms with E-state index in [1.807, 2.05) is 37.3 Å². The highest BCUT2D eigenvalue weighted by Gasteiger charge is 2.08. The Morgan fingerprint density at radius 1 is 1.05 bits per heavy atom. The van der Waals surface area contributed by atoms with Crippen molar-refractivity contribution in [3.63, 3.8) is 0 Å². The van der Waals surface area contributed by atoms with Crippen LogP contribution in [0, 0.1) is 11.6 Å². The molecule has 2 nitrogen and oxygen atoms in total. The number of hydrogen-bond donors (Lipinski definition) is 2. The lowest BCUT2D eigenvalue weighted by molar-refractivity contribution is 0.509. The lowest BCUT2D eigenvalue weighted by atomic mass is 10.1. The molecule has 0 fully saturated rings. The molecule has 0 spiro atoms. The molecular weight excluding hydrogens is 278 g/mol. The van der Waals surface area contributed by atoms with Crippen LogP contribution in [0.4, 0.5) is 14.5 Å². The Balaban J connectivity index is 1.97. The molecule has 0 aliphatic heterocycles. The largest absolute Gasteiger partial charge is 0.356 e. The summed E-state index contributed by atoms with van der Waals surface area (Å²) in [4.78, 5) is 0. The van der Waals surface area contributed by atoms with Crippen LogP contribution in [-0.4, -0.2) is 5.11 Å². The van der Waals surface area contributed by atoms with Gasteiger partial charge in [-0.05, 0) is 36.8 Å². The van der Waals surface area contributed by atoms with E-state index in [1.54, 1.807) is 0 Å². The molecule has 0 unspecified atom stereocenters. The molecule has 0 aromatic heterocycles. The van der Waals surface area contributed by atoms with Crippen LogP contribution in [0.25, 0.3) is 0 Å². The zero-order chi connectivity index (χ0) is 14.5. The summed E-state index contributed by atoms with van der Waals surface area (Å²) in [6.45, 7) is 1.97. The van der Waals surface area contributed by atoms with Crippen LogP contribution in [0.15, 0.2) is 48.5 Å². The molecule has 0 aliphatic carbocycles. The summed E-state index contributed by atoms with van der Waals surface area (Å²) in [6, 6.07) is 13.4. The van der Waals surface area contributed by atoms with Gasteiger partial charge in [0.2, 0.25) is 0 Å². The molecule has 0 heterocycles. The number of anilines is 1. The van der Waals surface area contributed by atoms with Crippen molar-refractivity contribution in [2.75, 3.05) is 5.32 Å². The number of rotatable bonds is 3. The number of hydrogen-bond acceptors (Lipinski definition) is 1. The molecule has 0 saturated carbocycles. The van der Waals surface area contributed by atoms with Crippen molar-refractivity contribution in [3.8, 4) is 0 Å². The maximum absolute atomic E-state index is 13.1. The van der Waals surface area contributed by atoms with Crippen molar-refractivity contribution in [1.29, 1.82) is 0 Å². The van der Waals surface area contributed by atoms with Gasteiger partial charge in [0.25, 0.3) is 0 Å². The third-order valence-electron chi connectivity index (χ3n) is 2.82. The summed E-state index contributed by atoms with van der Waals surface area (Å²) in [7, 11) is 0. The van der Waals surface area contributed by atoms with Crippen molar-refractivity contribution < 1.29 is 8.78 Å². The average molecular weight is 292 g/mol. The van der Waals surface area contributed by atoms with E-state index in [1.165, 1.54) is 6.07 Å². The van der Waals surface area contributed by atoms with Crippen molar-refractivity contribution in [2.24, 2.45) is 0 Å². The van der Waals surface area contributed by atoms with Gasteiger partial charge in [-0.1, -0.05) is 30.3 Å². The van der Waals surface area contributed by atoms with Crippen molar-refractivity contribution >= 4 is 23.0 Å². The van der Waals surface area contributed by atoms with E-state index >= 15 is 0 Å². The lowest BCUT2D eigenvalue weighted by Crippen LogP contribution is -2.30. The smallest absolute Gasteiger partial charge is 0.171 e. The third kappa shape index (κ3) is 3.74. The van der Waals surface area contributed by atoms with Gasteiger partial charge < -0.3 is 10.6 Å². The second-order valence-corrected chi connectivity index (χ2v) is 4.77. The van der Waals surface area contributed by atoms with Gasteiger partial charge in [-0.3, -0.25) is 0 Å². The van der Waals surface area contributed by atoms with Gasteiger partial charge in [0, 0.05) is 11.8 Å². The number of halogens is 2. The van der Waals surface area contributed by atoms with Gasteiger partial charge in [0.1, 0.15) is 0 Å². The summed E-state index contributed by atoms with van der Waals surface area (Å²) < 4.78 is 25.9. The fraction of sp³-hybridized carbons (Fsp3) is 0.133. The van der Waals surface area contributed by atoms with E-state index in [0.29, 0.717) is 10.8 Å². The monoisotopic (exact) mass is 292 g/mol. The third-order valence-corrected chi connectivity index (χ3v) is 3.04. The second kappa shape index (κ2) is 6.43. The molecule has 0 bridgehead atoms. The molecule has 2 aromatic carbocycles. The standard InChI is InChI=1S/C15H14F2N2S/c1-10(11-5-3-2-4-6-11)18-15(20)19-12-7-8-13(16)14(17)9-12/h2-10H,1H3,(H2,18,19,20)/t10-/m1/s1. The predicted molar refractivity (Wildman–Crippen MR) is 80.6 cm³/mol. The molecule has 2 aromatic rings. The molecule has 20 heavy (non-hydrogen) atoms. The first-order valence-corrected chi connectivity index (χ1v) is 6.54. The van der Waals surface area contributed by atoms with Gasteiger partial charge in [0.05, 0.1) is 6.04 Å². The van der Waals surface area contributed by atoms with Gasteiger partial charge >= 0.3 is 0 Å². The molecular formula is C15H14F2N2S. The summed E-state index contributed by atoms with van der Waals surface area (Å²) in [5, 5.41) is 6.26. The second-order valence-electron chi connectivity index (χ2n) is 4.36. The van der Waals surface area contributed by atoms with Crippen LogP contribution in [0.1, 0.15) is 18.5 Å². The lowest BCUT2D eigenvalue weighted by Gasteiger charge is -2.17. The van der Waals surface area contributed by atoms with E-state index in [4.69, 9.17) is 12.2 Å². The molecule has 0 amide bonds. The summed E-state index contributed by atoms with van der Waals surface area (Å²) in [5.74, 6) is -1.79. The highest BCUT2D eigenvalue weighted by Crippen LogP contribution is 2.14. The Bertz CT molecular complexity index is 602. The summed E-state index contributed by atoms with van der Waals surface area (Å²) >= 11 is 5.15. The molecule has 5 heteroatoms. The van der Waals surface area contributed by atoms with Crippen molar-refractivity contribution in [3.05, 3.63) is 65.7 Å². The van der Waals surface area contributed by atoms with Crippen LogP contribution < -0.4 is 10.6 Å². The molecule has 2 rings (SSSR count). The molecule has 0 aliphatic rings. The van der Waals surface area contributed by atoms with Crippen LogP contribution in [-0.2, 0) is 0 Å². The predicted octanol–water partition coefficient (Wildman–Crippen LogP) is 4.01. The molecule has 0 saturated heterocycles. The first kappa shape index (κ1) is 14.4. The van der Waals surface area contributed by atoms with Crippen LogP contribution in [0.2, 0.25) is 0 Å². The Morgan fingerprint density at radius 3 is 2.40 bits per heavy atom. The van der Waals surface area contributed by atoms with Crippen molar-refractivity contribution in [2.45, 2.75) is 13.0 Å². The first-order chi connectivity index (χ1) is 9.56. The first-order valence-electron chi connectivity index (χ1n) is 6.14. The zero-order valence-electron chi connectivity index (χ0n) is 10.9. The molecule has 104 valence electrons. The number of thiocarbonyl (C=S) groups is 1. The van der Waals surface area contributed by atoms with Crippen LogP contribution in [0.5, 0.6) is 0 Å². The van der Waals surface area contributed by atoms with Gasteiger partial charge in [0.15, 0.2) is 16.7 Å². The number of benzene rings is 2. The molecule has 2 N–H and O–H groups in total. The van der Waals surface area contributed by atoms with E-state index in [2.05, 4.69) is 10.6 Å². The topological polar surface area (TPSA) is 24.1 Å². The summed E-state index contributed by atoms with van der Waals surface area (Å²) in [5.41, 5.74) is 1.49. The Hall–Kier alpha value is -2.01. The van der Waals surface area contributed by atoms with E-state index < -0.39 is 11.6 Å². The van der Waals surface area contributed by atoms with E-state index in [0.717, 1.165) is 17.7 Å².